The van der Waals surface area contributed by atoms with Gasteiger partial charge in [-0.3, -0.25) is 4.57 Å². The molecule has 0 bridgehead atoms. The molecule has 2 rings (SSSR count). The van der Waals surface area contributed by atoms with Crippen LogP contribution in [0.4, 0.5) is 19.0 Å². The minimum Gasteiger partial charge on any atom is -0.382 e. The van der Waals surface area contributed by atoms with Gasteiger partial charge in [0, 0.05) is 13.0 Å². The van der Waals surface area contributed by atoms with E-state index in [1.165, 1.54) is 32.0 Å². The highest BCUT2D eigenvalue weighted by atomic mass is 31.2. The Kier molecular flexibility index (Phi) is 16.8. The Morgan fingerprint density at radius 1 is 0.902 bits per heavy atom. The van der Waals surface area contributed by atoms with Gasteiger partial charge >= 0.3 is 13.8 Å². The molecule has 2 aromatic rings. The third-order valence-electron chi connectivity index (χ3n) is 6.68. The van der Waals surface area contributed by atoms with Gasteiger partial charge in [0.25, 0.3) is 0 Å². The minimum atomic E-state index is -4.01. The van der Waals surface area contributed by atoms with Crippen LogP contribution in [0.3, 0.4) is 0 Å². The number of rotatable bonds is 24. The van der Waals surface area contributed by atoms with Crippen LogP contribution in [0.15, 0.2) is 12.7 Å². The third-order valence-corrected chi connectivity index (χ3v) is 7.74. The lowest BCUT2D eigenvalue weighted by Gasteiger charge is -2.17. The molecule has 0 fully saturated rings. The van der Waals surface area contributed by atoms with Crippen LogP contribution in [-0.2, 0) is 25.1 Å². The molecular formula is C27H47F3N5O5P. The molecule has 2 atom stereocenters. The van der Waals surface area contributed by atoms with Gasteiger partial charge in [-0.25, -0.2) is 15.0 Å². The van der Waals surface area contributed by atoms with Gasteiger partial charge in [-0.2, -0.15) is 13.2 Å². The highest BCUT2D eigenvalue weighted by molar-refractivity contribution is 7.52. The summed E-state index contributed by atoms with van der Waals surface area (Å²) in [6, 6.07) is 0. The Balaban J connectivity index is 1.36. The normalized spacial score (nSPS) is 14.5. The fourth-order valence-corrected chi connectivity index (χ4v) is 5.31. The number of ether oxygens (including phenoxy) is 2. The lowest BCUT2D eigenvalue weighted by molar-refractivity contribution is -0.135. The molecule has 0 aromatic carbocycles. The number of unbranched alkanes of at least 4 members (excludes halogenated alkanes) is 12. The van der Waals surface area contributed by atoms with Crippen LogP contribution in [0.1, 0.15) is 96.8 Å². The summed E-state index contributed by atoms with van der Waals surface area (Å²) in [7, 11) is -3.90. The molecule has 236 valence electrons. The monoisotopic (exact) mass is 609 g/mol. The Hall–Kier alpha value is -1.79. The van der Waals surface area contributed by atoms with E-state index >= 15 is 0 Å². The van der Waals surface area contributed by atoms with Crippen molar-refractivity contribution >= 4 is 24.6 Å². The number of anilines is 1. The average Bonchev–Trinajstić information content (AvgIpc) is 3.32. The van der Waals surface area contributed by atoms with Crippen LogP contribution in [0.25, 0.3) is 11.2 Å². The molecule has 0 aliphatic heterocycles. The van der Waals surface area contributed by atoms with Crippen molar-refractivity contribution in [2.75, 3.05) is 31.9 Å². The molecule has 3 N–H and O–H groups in total. The molecule has 0 aliphatic rings. The van der Waals surface area contributed by atoms with Crippen LogP contribution < -0.4 is 5.73 Å². The number of fused-ring (bicyclic) bond motifs is 1. The molecule has 0 radical (unpaired) electrons. The summed E-state index contributed by atoms with van der Waals surface area (Å²) in [5.41, 5.74) is 6.85. The predicted octanol–water partition coefficient (Wildman–Crippen LogP) is 7.01. The number of nitrogens with two attached hydrogens (primary N) is 1. The number of halogens is 3. The summed E-state index contributed by atoms with van der Waals surface area (Å²) in [6.45, 7) is 2.99. The molecule has 0 saturated heterocycles. The van der Waals surface area contributed by atoms with Crippen molar-refractivity contribution in [3.8, 4) is 0 Å². The van der Waals surface area contributed by atoms with Gasteiger partial charge < -0.3 is 29.2 Å². The average molecular weight is 610 g/mol. The van der Waals surface area contributed by atoms with Crippen molar-refractivity contribution in [3.05, 3.63) is 12.7 Å². The van der Waals surface area contributed by atoms with E-state index in [2.05, 4.69) is 15.0 Å². The predicted molar refractivity (Wildman–Crippen MR) is 152 cm³/mol. The molecule has 1 unspecified atom stereocenters. The van der Waals surface area contributed by atoms with Crippen LogP contribution in [-0.4, -0.2) is 62.9 Å². The second-order valence-electron chi connectivity index (χ2n) is 10.5. The zero-order valence-corrected chi connectivity index (χ0v) is 25.1. The van der Waals surface area contributed by atoms with Crippen molar-refractivity contribution in [1.29, 1.82) is 0 Å². The molecule has 41 heavy (non-hydrogen) atoms. The maximum Gasteiger partial charge on any atom is 0.389 e. The summed E-state index contributed by atoms with van der Waals surface area (Å²) in [5, 5.41) is 0. The Bertz CT molecular complexity index is 1030. The topological polar surface area (TPSA) is 135 Å². The van der Waals surface area contributed by atoms with Crippen molar-refractivity contribution in [2.45, 2.75) is 116 Å². The summed E-state index contributed by atoms with van der Waals surface area (Å²) >= 11 is 0. The lowest BCUT2D eigenvalue weighted by atomic mass is 10.0. The number of hydrogen-bond acceptors (Lipinski definition) is 8. The summed E-state index contributed by atoms with van der Waals surface area (Å²) < 4.78 is 66.4. The number of imidazole rings is 1. The molecule has 0 saturated carbocycles. The standard InChI is InChI=1S/C27H47F3N5O5P/c1-23(19-35-21-34-24-25(31)32-20-33-26(24)35)39-22-41(36,37)40-18-17-38-16-14-12-10-8-6-4-2-3-5-7-9-11-13-15-27(28,29)30/h20-21,23H,2-19,22H2,1H3,(H,36,37)(H2,31,32,33)/t23-/m1/s1. The van der Waals surface area contributed by atoms with Crippen LogP contribution in [0, 0.1) is 0 Å². The first-order valence-electron chi connectivity index (χ1n) is 14.7. The molecule has 0 spiro atoms. The lowest BCUT2D eigenvalue weighted by Crippen LogP contribution is -2.18. The fraction of sp³-hybridized carbons (Fsp3) is 0.815. The summed E-state index contributed by atoms with van der Waals surface area (Å²) in [5.74, 6) is 0.287. The van der Waals surface area contributed by atoms with Gasteiger partial charge in [-0.05, 0) is 19.8 Å². The van der Waals surface area contributed by atoms with E-state index in [9.17, 15) is 22.6 Å². The second kappa shape index (κ2) is 19.4. The first-order valence-corrected chi connectivity index (χ1v) is 16.5. The van der Waals surface area contributed by atoms with E-state index in [1.807, 2.05) is 0 Å². The quantitative estimate of drug-likeness (QED) is 0.0951. The molecule has 14 heteroatoms. The number of hydrogen-bond donors (Lipinski definition) is 2. The number of alkyl halides is 3. The van der Waals surface area contributed by atoms with E-state index in [0.29, 0.717) is 30.7 Å². The SMILES string of the molecule is C[C@H](Cn1cnc2c(N)ncnc21)OCP(=O)(O)OCCOCCCCCCCCCCCCCCCC(F)(F)F. The van der Waals surface area contributed by atoms with Crippen LogP contribution >= 0.6 is 7.60 Å². The van der Waals surface area contributed by atoms with Crippen molar-refractivity contribution in [1.82, 2.24) is 19.5 Å². The van der Waals surface area contributed by atoms with E-state index in [4.69, 9.17) is 19.7 Å². The van der Waals surface area contributed by atoms with Gasteiger partial charge in [0.2, 0.25) is 0 Å². The third kappa shape index (κ3) is 16.4. The molecule has 2 aromatic heterocycles. The first-order chi connectivity index (χ1) is 19.6. The Morgan fingerprint density at radius 3 is 2.10 bits per heavy atom. The Labute approximate surface area is 241 Å². The minimum absolute atomic E-state index is 0.0153. The fourth-order valence-electron chi connectivity index (χ4n) is 4.44. The zero-order valence-electron chi connectivity index (χ0n) is 24.2. The molecule has 0 aliphatic carbocycles. The first kappa shape index (κ1) is 35.4. The van der Waals surface area contributed by atoms with Gasteiger partial charge in [0.05, 0.1) is 32.2 Å². The molecular weight excluding hydrogens is 562 g/mol. The van der Waals surface area contributed by atoms with Crippen molar-refractivity contribution in [2.24, 2.45) is 0 Å². The largest absolute Gasteiger partial charge is 0.389 e. The van der Waals surface area contributed by atoms with Crippen molar-refractivity contribution in [3.63, 3.8) is 0 Å². The smallest absolute Gasteiger partial charge is 0.382 e. The summed E-state index contributed by atoms with van der Waals surface area (Å²) in [6.07, 6.45) is 10.5. The zero-order chi connectivity index (χ0) is 30.0. The van der Waals surface area contributed by atoms with Gasteiger partial charge in [-0.15, -0.1) is 0 Å². The second-order valence-corrected chi connectivity index (χ2v) is 12.3. The maximum absolute atomic E-state index is 12.2. The molecule has 2 heterocycles. The highest BCUT2D eigenvalue weighted by Crippen LogP contribution is 2.41. The molecule has 0 amide bonds. The van der Waals surface area contributed by atoms with E-state index in [1.54, 1.807) is 17.8 Å². The van der Waals surface area contributed by atoms with Crippen LogP contribution in [0.5, 0.6) is 0 Å². The van der Waals surface area contributed by atoms with Gasteiger partial charge in [0.1, 0.15) is 18.2 Å². The summed E-state index contributed by atoms with van der Waals surface area (Å²) in [4.78, 5) is 22.3. The Morgan fingerprint density at radius 2 is 1.49 bits per heavy atom. The van der Waals surface area contributed by atoms with Gasteiger partial charge in [-0.1, -0.05) is 70.6 Å². The van der Waals surface area contributed by atoms with Crippen molar-refractivity contribution < 1.29 is 36.6 Å². The maximum atomic E-state index is 12.2. The number of nitrogen functional groups attached to an aromatic ring is 1. The number of nitrogens with zero attached hydrogens (tertiary/aromatic N) is 4. The highest BCUT2D eigenvalue weighted by Gasteiger charge is 2.25. The van der Waals surface area contributed by atoms with E-state index in [0.717, 1.165) is 44.9 Å². The van der Waals surface area contributed by atoms with E-state index < -0.39 is 26.5 Å². The number of aromatic nitrogens is 4. The van der Waals surface area contributed by atoms with Gasteiger partial charge in [0.15, 0.2) is 11.5 Å². The van der Waals surface area contributed by atoms with Crippen LogP contribution in [0.2, 0.25) is 0 Å². The molecule has 10 nitrogen and oxygen atoms in total. The van der Waals surface area contributed by atoms with E-state index in [-0.39, 0.29) is 31.6 Å².